The number of nitriles is 1. The second-order valence-electron chi connectivity index (χ2n) is 5.25. The first-order valence-electron chi connectivity index (χ1n) is 7.05. The fraction of sp³-hybridized carbons (Fsp3) is 0.500. The maximum Gasteiger partial charge on any atom is 0.306 e. The quantitative estimate of drug-likeness (QED) is 0.568. The SMILES string of the molecule is CC(C)OC(=O)CCc1ccc(C#N)c(OCC2CO2)c1. The molecule has 0 bridgehead atoms. The van der Waals surface area contributed by atoms with E-state index in [4.69, 9.17) is 19.5 Å². The highest BCUT2D eigenvalue weighted by molar-refractivity contribution is 5.70. The van der Waals surface area contributed by atoms with Crippen LogP contribution in [0, 0.1) is 11.3 Å². The van der Waals surface area contributed by atoms with Crippen molar-refractivity contribution in [2.75, 3.05) is 13.2 Å². The summed E-state index contributed by atoms with van der Waals surface area (Å²) in [5.41, 5.74) is 1.44. The Morgan fingerprint density at radius 1 is 1.52 bits per heavy atom. The standard InChI is InChI=1S/C16H19NO4/c1-11(2)21-16(18)6-4-12-3-5-13(8-17)15(7-12)20-10-14-9-19-14/h3,5,7,11,14H,4,6,9-10H2,1-2H3. The third kappa shape index (κ3) is 5.09. The fourth-order valence-electron chi connectivity index (χ4n) is 1.85. The number of aryl methyl sites for hydroxylation is 1. The molecule has 1 aliphatic heterocycles. The molecule has 5 nitrogen and oxygen atoms in total. The van der Waals surface area contributed by atoms with Gasteiger partial charge in [-0.3, -0.25) is 4.79 Å². The molecule has 21 heavy (non-hydrogen) atoms. The zero-order valence-electron chi connectivity index (χ0n) is 12.3. The predicted molar refractivity (Wildman–Crippen MR) is 75.9 cm³/mol. The maximum absolute atomic E-state index is 11.5. The van der Waals surface area contributed by atoms with E-state index in [0.717, 1.165) is 5.56 Å². The molecule has 1 aromatic rings. The molecule has 0 saturated carbocycles. The molecule has 0 amide bonds. The lowest BCUT2D eigenvalue weighted by molar-refractivity contribution is -0.147. The Morgan fingerprint density at radius 3 is 2.90 bits per heavy atom. The highest BCUT2D eigenvalue weighted by Gasteiger charge is 2.23. The minimum Gasteiger partial charge on any atom is -0.489 e. The first-order valence-corrected chi connectivity index (χ1v) is 7.05. The lowest BCUT2D eigenvalue weighted by Gasteiger charge is -2.10. The monoisotopic (exact) mass is 289 g/mol. The van der Waals surface area contributed by atoms with Gasteiger partial charge in [-0.2, -0.15) is 5.26 Å². The molecule has 0 N–H and O–H groups in total. The van der Waals surface area contributed by atoms with Crippen LogP contribution in [0.2, 0.25) is 0 Å². The average Bonchev–Trinajstić information content (AvgIpc) is 3.26. The minimum absolute atomic E-state index is 0.101. The van der Waals surface area contributed by atoms with Crippen LogP contribution in [0.3, 0.4) is 0 Å². The summed E-state index contributed by atoms with van der Waals surface area (Å²) >= 11 is 0. The molecule has 2 rings (SSSR count). The van der Waals surface area contributed by atoms with Gasteiger partial charge in [0.1, 0.15) is 24.5 Å². The molecular weight excluding hydrogens is 270 g/mol. The number of carbonyl (C=O) groups is 1. The number of ether oxygens (including phenoxy) is 3. The highest BCUT2D eigenvalue weighted by Crippen LogP contribution is 2.22. The summed E-state index contributed by atoms with van der Waals surface area (Å²) in [5, 5.41) is 9.07. The molecule has 1 aromatic carbocycles. The van der Waals surface area contributed by atoms with Gasteiger partial charge < -0.3 is 14.2 Å². The van der Waals surface area contributed by atoms with Crippen LogP contribution in [0.15, 0.2) is 18.2 Å². The fourth-order valence-corrected chi connectivity index (χ4v) is 1.85. The molecule has 1 heterocycles. The third-order valence-electron chi connectivity index (χ3n) is 2.98. The Kier molecular flexibility index (Phi) is 5.18. The lowest BCUT2D eigenvalue weighted by atomic mass is 10.1. The van der Waals surface area contributed by atoms with Crippen molar-refractivity contribution in [3.05, 3.63) is 29.3 Å². The molecule has 0 spiro atoms. The van der Waals surface area contributed by atoms with Crippen molar-refractivity contribution in [3.63, 3.8) is 0 Å². The smallest absolute Gasteiger partial charge is 0.306 e. The summed E-state index contributed by atoms with van der Waals surface area (Å²) in [7, 11) is 0. The summed E-state index contributed by atoms with van der Waals surface area (Å²) in [6.45, 7) is 4.81. The zero-order valence-corrected chi connectivity index (χ0v) is 12.3. The third-order valence-corrected chi connectivity index (χ3v) is 2.98. The van der Waals surface area contributed by atoms with Gasteiger partial charge in [0, 0.05) is 6.42 Å². The van der Waals surface area contributed by atoms with Gasteiger partial charge in [0.2, 0.25) is 0 Å². The van der Waals surface area contributed by atoms with Crippen LogP contribution in [0.4, 0.5) is 0 Å². The number of carbonyl (C=O) groups excluding carboxylic acids is 1. The second kappa shape index (κ2) is 7.09. The summed E-state index contributed by atoms with van der Waals surface area (Å²) in [5.74, 6) is 0.325. The number of rotatable bonds is 7. The van der Waals surface area contributed by atoms with E-state index in [1.165, 1.54) is 0 Å². The molecular formula is C16H19NO4. The summed E-state index contributed by atoms with van der Waals surface area (Å²) in [6.07, 6.45) is 0.917. The normalized spacial score (nSPS) is 16.4. The van der Waals surface area contributed by atoms with Crippen LogP contribution in [0.5, 0.6) is 5.75 Å². The Bertz CT molecular complexity index is 544. The van der Waals surface area contributed by atoms with Crippen molar-refractivity contribution in [1.29, 1.82) is 5.26 Å². The van der Waals surface area contributed by atoms with Gasteiger partial charge >= 0.3 is 5.97 Å². The van der Waals surface area contributed by atoms with E-state index in [1.807, 2.05) is 26.0 Å². The first-order chi connectivity index (χ1) is 10.1. The Balaban J connectivity index is 1.94. The van der Waals surface area contributed by atoms with E-state index in [2.05, 4.69) is 6.07 Å². The van der Waals surface area contributed by atoms with Gasteiger partial charge in [-0.05, 0) is 38.0 Å². The molecule has 0 aromatic heterocycles. The van der Waals surface area contributed by atoms with Crippen molar-refractivity contribution in [3.8, 4) is 11.8 Å². The number of benzene rings is 1. The van der Waals surface area contributed by atoms with Gasteiger partial charge in [0.25, 0.3) is 0 Å². The van der Waals surface area contributed by atoms with Gasteiger partial charge in [0.05, 0.1) is 18.3 Å². The van der Waals surface area contributed by atoms with Crippen LogP contribution in [0.1, 0.15) is 31.4 Å². The summed E-state index contributed by atoms with van der Waals surface area (Å²) < 4.78 is 15.8. The van der Waals surface area contributed by atoms with Crippen LogP contribution < -0.4 is 4.74 Å². The maximum atomic E-state index is 11.5. The molecule has 0 radical (unpaired) electrons. The van der Waals surface area contributed by atoms with Crippen molar-refractivity contribution in [2.45, 2.75) is 38.9 Å². The van der Waals surface area contributed by atoms with E-state index in [0.29, 0.717) is 37.4 Å². The molecule has 112 valence electrons. The van der Waals surface area contributed by atoms with Crippen molar-refractivity contribution >= 4 is 5.97 Å². The number of nitrogens with zero attached hydrogens (tertiary/aromatic N) is 1. The Labute approximate surface area is 124 Å². The van der Waals surface area contributed by atoms with E-state index < -0.39 is 0 Å². The predicted octanol–water partition coefficient (Wildman–Crippen LogP) is 2.22. The van der Waals surface area contributed by atoms with Gasteiger partial charge in [-0.25, -0.2) is 0 Å². The molecule has 1 saturated heterocycles. The first kappa shape index (κ1) is 15.3. The number of hydrogen-bond acceptors (Lipinski definition) is 5. The molecule has 5 heteroatoms. The Morgan fingerprint density at radius 2 is 2.29 bits per heavy atom. The van der Waals surface area contributed by atoms with Crippen LogP contribution in [-0.4, -0.2) is 31.4 Å². The highest BCUT2D eigenvalue weighted by atomic mass is 16.6. The number of esters is 1. The molecule has 1 aliphatic rings. The van der Waals surface area contributed by atoms with Crippen molar-refractivity contribution < 1.29 is 19.0 Å². The van der Waals surface area contributed by atoms with E-state index in [9.17, 15) is 4.79 Å². The molecule has 0 aliphatic carbocycles. The minimum atomic E-state index is -0.219. The van der Waals surface area contributed by atoms with Crippen molar-refractivity contribution in [2.24, 2.45) is 0 Å². The zero-order chi connectivity index (χ0) is 15.2. The van der Waals surface area contributed by atoms with E-state index in [1.54, 1.807) is 6.07 Å². The lowest BCUT2D eigenvalue weighted by Crippen LogP contribution is -2.12. The van der Waals surface area contributed by atoms with Gasteiger partial charge in [-0.1, -0.05) is 6.07 Å². The van der Waals surface area contributed by atoms with Crippen molar-refractivity contribution in [1.82, 2.24) is 0 Å². The average molecular weight is 289 g/mol. The topological polar surface area (TPSA) is 71.9 Å². The second-order valence-corrected chi connectivity index (χ2v) is 5.25. The summed E-state index contributed by atoms with van der Waals surface area (Å²) in [4.78, 5) is 11.5. The summed E-state index contributed by atoms with van der Waals surface area (Å²) in [6, 6.07) is 7.46. The molecule has 1 unspecified atom stereocenters. The largest absolute Gasteiger partial charge is 0.489 e. The van der Waals surface area contributed by atoms with E-state index >= 15 is 0 Å². The number of hydrogen-bond donors (Lipinski definition) is 0. The van der Waals surface area contributed by atoms with Gasteiger partial charge in [-0.15, -0.1) is 0 Å². The Hall–Kier alpha value is -2.06. The number of epoxide rings is 1. The van der Waals surface area contributed by atoms with Crippen LogP contribution in [0.25, 0.3) is 0 Å². The molecule has 1 atom stereocenters. The van der Waals surface area contributed by atoms with Crippen LogP contribution in [-0.2, 0) is 20.7 Å². The molecule has 1 fully saturated rings. The van der Waals surface area contributed by atoms with Gasteiger partial charge in [0.15, 0.2) is 0 Å². The van der Waals surface area contributed by atoms with E-state index in [-0.39, 0.29) is 18.2 Å². The van der Waals surface area contributed by atoms with Crippen LogP contribution >= 0.6 is 0 Å².